The first kappa shape index (κ1) is 18.1. The molecule has 0 aromatic heterocycles. The lowest BCUT2D eigenvalue weighted by molar-refractivity contribution is -0.123. The normalized spacial score (nSPS) is 12.7. The minimum Gasteiger partial charge on any atom is -0.454 e. The first-order chi connectivity index (χ1) is 13.0. The van der Waals surface area contributed by atoms with Crippen LogP contribution in [0.15, 0.2) is 48.5 Å². The topological polar surface area (TPSA) is 132 Å². The number of amides is 4. The summed E-state index contributed by atoms with van der Waals surface area (Å²) in [6, 6.07) is 12.0. The molecule has 1 unspecified atom stereocenters. The molecule has 0 saturated carbocycles. The highest BCUT2D eigenvalue weighted by Crippen LogP contribution is 2.32. The Morgan fingerprint density at radius 1 is 1.00 bits per heavy atom. The van der Waals surface area contributed by atoms with Crippen LogP contribution in [-0.4, -0.2) is 30.7 Å². The number of fused-ring (bicyclic) bond motifs is 1. The van der Waals surface area contributed by atoms with E-state index in [9.17, 15) is 14.4 Å². The average molecular weight is 370 g/mol. The van der Waals surface area contributed by atoms with E-state index in [4.69, 9.17) is 15.2 Å². The lowest BCUT2D eigenvalue weighted by atomic mass is 10.1. The minimum absolute atomic E-state index is 0.0943. The molecule has 1 aliphatic rings. The smallest absolute Gasteiger partial charge is 0.312 e. The van der Waals surface area contributed by atoms with Gasteiger partial charge in [0.15, 0.2) is 11.5 Å². The van der Waals surface area contributed by atoms with Crippen molar-refractivity contribution in [3.63, 3.8) is 0 Å². The molecule has 5 N–H and O–H groups in total. The molecular weight excluding hydrogens is 352 g/mol. The highest BCUT2D eigenvalue weighted by molar-refractivity contribution is 5.97. The van der Waals surface area contributed by atoms with Crippen molar-refractivity contribution >= 4 is 17.8 Å². The summed E-state index contributed by atoms with van der Waals surface area (Å²) in [5.74, 6) is -0.151. The molecule has 0 spiro atoms. The third-order valence-electron chi connectivity index (χ3n) is 3.85. The molecule has 9 heteroatoms. The summed E-state index contributed by atoms with van der Waals surface area (Å²) in [6.45, 7) is 0.0943. The van der Waals surface area contributed by atoms with Crippen LogP contribution in [0.3, 0.4) is 0 Å². The minimum atomic E-state index is -0.943. The fourth-order valence-corrected chi connectivity index (χ4v) is 2.55. The van der Waals surface area contributed by atoms with E-state index in [-0.39, 0.29) is 18.8 Å². The number of benzene rings is 2. The van der Waals surface area contributed by atoms with Gasteiger partial charge >= 0.3 is 6.03 Å². The number of carbonyl (C=O) groups is 3. The molecule has 0 saturated heterocycles. The molecule has 0 fully saturated rings. The van der Waals surface area contributed by atoms with E-state index in [2.05, 4.69) is 16.2 Å². The van der Waals surface area contributed by atoms with Crippen LogP contribution in [0.4, 0.5) is 4.79 Å². The number of nitrogens with one attached hydrogen (secondary N) is 3. The highest BCUT2D eigenvalue weighted by Gasteiger charge is 2.22. The molecule has 0 radical (unpaired) electrons. The van der Waals surface area contributed by atoms with Gasteiger partial charge in [0.05, 0.1) is 0 Å². The van der Waals surface area contributed by atoms with E-state index in [1.165, 1.54) is 12.1 Å². The van der Waals surface area contributed by atoms with Gasteiger partial charge in [-0.15, -0.1) is 0 Å². The zero-order valence-corrected chi connectivity index (χ0v) is 14.2. The van der Waals surface area contributed by atoms with Crippen LogP contribution in [0.2, 0.25) is 0 Å². The summed E-state index contributed by atoms with van der Waals surface area (Å²) in [4.78, 5) is 35.8. The SMILES string of the molecule is NC(=O)NC(Cc1ccccc1)C(=O)NNC(=O)c1ccc2c(c1)OCO2. The Labute approximate surface area is 154 Å². The van der Waals surface area contributed by atoms with Crippen LogP contribution in [0.1, 0.15) is 15.9 Å². The van der Waals surface area contributed by atoms with Gasteiger partial charge in [0.1, 0.15) is 6.04 Å². The van der Waals surface area contributed by atoms with Crippen LogP contribution in [0, 0.1) is 0 Å². The number of urea groups is 1. The van der Waals surface area contributed by atoms with Crippen LogP contribution < -0.4 is 31.4 Å². The van der Waals surface area contributed by atoms with Gasteiger partial charge in [-0.1, -0.05) is 30.3 Å². The molecular formula is C18H18N4O5. The van der Waals surface area contributed by atoms with E-state index >= 15 is 0 Å². The van der Waals surface area contributed by atoms with Gasteiger partial charge in [0, 0.05) is 12.0 Å². The van der Waals surface area contributed by atoms with Gasteiger partial charge in [0.2, 0.25) is 6.79 Å². The Bertz CT molecular complexity index is 856. The Morgan fingerprint density at radius 3 is 2.48 bits per heavy atom. The number of rotatable bonds is 5. The Kier molecular flexibility index (Phi) is 5.41. The summed E-state index contributed by atoms with van der Waals surface area (Å²) in [5, 5.41) is 2.36. The maximum Gasteiger partial charge on any atom is 0.312 e. The predicted octanol–water partition coefficient (Wildman–Crippen LogP) is 0.456. The molecule has 3 rings (SSSR count). The predicted molar refractivity (Wildman–Crippen MR) is 94.8 cm³/mol. The molecule has 1 atom stereocenters. The summed E-state index contributed by atoms with van der Waals surface area (Å²) in [7, 11) is 0. The van der Waals surface area contributed by atoms with Crippen LogP contribution in [0.25, 0.3) is 0 Å². The second kappa shape index (κ2) is 8.09. The molecule has 2 aromatic carbocycles. The molecule has 9 nitrogen and oxygen atoms in total. The van der Waals surface area contributed by atoms with Crippen LogP contribution in [-0.2, 0) is 11.2 Å². The Hall–Kier alpha value is -3.75. The molecule has 140 valence electrons. The molecule has 1 aliphatic heterocycles. The van der Waals surface area contributed by atoms with Crippen LogP contribution >= 0.6 is 0 Å². The van der Waals surface area contributed by atoms with Crippen molar-refractivity contribution in [2.75, 3.05) is 6.79 Å². The fraction of sp³-hybridized carbons (Fsp3) is 0.167. The second-order valence-electron chi connectivity index (χ2n) is 5.76. The van der Waals surface area contributed by atoms with Crippen molar-refractivity contribution in [3.8, 4) is 11.5 Å². The van der Waals surface area contributed by atoms with Crippen molar-refractivity contribution in [2.45, 2.75) is 12.5 Å². The maximum absolute atomic E-state index is 12.4. The van der Waals surface area contributed by atoms with Crippen molar-refractivity contribution in [1.82, 2.24) is 16.2 Å². The van der Waals surface area contributed by atoms with Gasteiger partial charge in [-0.05, 0) is 23.8 Å². The highest BCUT2D eigenvalue weighted by atomic mass is 16.7. The third kappa shape index (κ3) is 4.66. The second-order valence-corrected chi connectivity index (χ2v) is 5.76. The molecule has 1 heterocycles. The average Bonchev–Trinajstić information content (AvgIpc) is 3.13. The Balaban J connectivity index is 1.61. The molecule has 0 bridgehead atoms. The summed E-state index contributed by atoms with van der Waals surface area (Å²) in [6.07, 6.45) is 0.218. The monoisotopic (exact) mass is 370 g/mol. The zero-order chi connectivity index (χ0) is 19.2. The van der Waals surface area contributed by atoms with Crippen LogP contribution in [0.5, 0.6) is 11.5 Å². The number of hydrogen-bond donors (Lipinski definition) is 4. The lowest BCUT2D eigenvalue weighted by Gasteiger charge is -2.17. The Morgan fingerprint density at radius 2 is 1.74 bits per heavy atom. The van der Waals surface area contributed by atoms with E-state index in [0.29, 0.717) is 11.5 Å². The first-order valence-electron chi connectivity index (χ1n) is 8.12. The van der Waals surface area contributed by atoms with Crippen molar-refractivity contribution in [1.29, 1.82) is 0 Å². The largest absolute Gasteiger partial charge is 0.454 e. The molecule has 4 amide bonds. The lowest BCUT2D eigenvalue weighted by Crippen LogP contribution is -2.54. The van der Waals surface area contributed by atoms with Crippen molar-refractivity contribution in [3.05, 3.63) is 59.7 Å². The standard InChI is InChI=1S/C18H18N4O5/c19-18(25)20-13(8-11-4-2-1-3-5-11)17(24)22-21-16(23)12-6-7-14-15(9-12)27-10-26-14/h1-7,9,13H,8,10H2,(H,21,23)(H,22,24)(H3,19,20,25). The van der Waals surface area contributed by atoms with E-state index < -0.39 is 23.9 Å². The maximum atomic E-state index is 12.4. The molecule has 27 heavy (non-hydrogen) atoms. The molecule has 0 aliphatic carbocycles. The number of hydrogen-bond acceptors (Lipinski definition) is 5. The summed E-state index contributed by atoms with van der Waals surface area (Å²) >= 11 is 0. The number of nitrogens with two attached hydrogens (primary N) is 1. The van der Waals surface area contributed by atoms with Gasteiger partial charge in [-0.25, -0.2) is 4.79 Å². The fourth-order valence-electron chi connectivity index (χ4n) is 2.55. The number of carbonyl (C=O) groups excluding carboxylic acids is 3. The van der Waals surface area contributed by atoms with E-state index in [1.807, 2.05) is 30.3 Å². The van der Waals surface area contributed by atoms with Crippen molar-refractivity contribution < 1.29 is 23.9 Å². The first-order valence-corrected chi connectivity index (χ1v) is 8.12. The summed E-state index contributed by atoms with van der Waals surface area (Å²) < 4.78 is 10.4. The number of primary amides is 1. The summed E-state index contributed by atoms with van der Waals surface area (Å²) in [5.41, 5.74) is 10.8. The van der Waals surface area contributed by atoms with E-state index in [1.54, 1.807) is 6.07 Å². The molecule has 2 aromatic rings. The number of hydrazine groups is 1. The van der Waals surface area contributed by atoms with E-state index in [0.717, 1.165) is 5.56 Å². The quantitative estimate of drug-likeness (QED) is 0.568. The van der Waals surface area contributed by atoms with Gasteiger partial charge in [-0.3, -0.25) is 20.4 Å². The van der Waals surface area contributed by atoms with Gasteiger partial charge in [-0.2, -0.15) is 0 Å². The zero-order valence-electron chi connectivity index (χ0n) is 14.2. The van der Waals surface area contributed by atoms with Crippen molar-refractivity contribution in [2.24, 2.45) is 5.73 Å². The number of ether oxygens (including phenoxy) is 2. The van der Waals surface area contributed by atoms with Gasteiger partial charge < -0.3 is 20.5 Å². The van der Waals surface area contributed by atoms with Gasteiger partial charge in [0.25, 0.3) is 11.8 Å². The third-order valence-corrected chi connectivity index (χ3v) is 3.85.